The van der Waals surface area contributed by atoms with Crippen molar-refractivity contribution in [2.45, 2.75) is 58.6 Å². The van der Waals surface area contributed by atoms with Crippen molar-refractivity contribution in [3.8, 4) is 0 Å². The predicted molar refractivity (Wildman–Crippen MR) is 98.8 cm³/mol. The first-order valence-electron chi connectivity index (χ1n) is 8.86. The minimum atomic E-state index is -3.12. The molecule has 8 heteroatoms. The van der Waals surface area contributed by atoms with E-state index in [4.69, 9.17) is 4.74 Å². The summed E-state index contributed by atoms with van der Waals surface area (Å²) in [6.07, 6.45) is 5.31. The van der Waals surface area contributed by atoms with Crippen LogP contribution in [0.2, 0.25) is 0 Å². The molecule has 2 atom stereocenters. The van der Waals surface area contributed by atoms with Crippen LogP contribution in [-0.4, -0.2) is 59.5 Å². The highest BCUT2D eigenvalue weighted by atomic mass is 32.2. The smallest absolute Gasteiger partial charge is 0.208 e. The molecule has 0 aromatic heterocycles. The molecule has 0 aliphatic heterocycles. The maximum absolute atomic E-state index is 11.0. The lowest BCUT2D eigenvalue weighted by atomic mass is 9.58. The van der Waals surface area contributed by atoms with Crippen molar-refractivity contribution < 1.29 is 13.2 Å². The third-order valence-corrected chi connectivity index (χ3v) is 5.74. The summed E-state index contributed by atoms with van der Waals surface area (Å²) in [6.45, 7) is 8.32. The number of hydrogen-bond donors (Lipinski definition) is 3. The summed E-state index contributed by atoms with van der Waals surface area (Å²) in [6, 6.07) is 0.351. The van der Waals surface area contributed by atoms with Crippen molar-refractivity contribution in [3.05, 3.63) is 0 Å². The highest BCUT2D eigenvalue weighted by Crippen LogP contribution is 2.48. The normalized spacial score (nSPS) is 23.6. The van der Waals surface area contributed by atoms with Crippen molar-refractivity contribution in [2.75, 3.05) is 33.0 Å². The van der Waals surface area contributed by atoms with Gasteiger partial charge in [-0.05, 0) is 32.6 Å². The first kappa shape index (κ1) is 21.2. The Kier molecular flexibility index (Phi) is 8.45. The summed E-state index contributed by atoms with van der Waals surface area (Å²) in [5, 5.41) is 6.76. The fraction of sp³-hybridized carbons (Fsp3) is 0.938. The molecule has 7 nitrogen and oxygen atoms in total. The molecule has 0 aromatic rings. The molecule has 1 rings (SSSR count). The fourth-order valence-corrected chi connectivity index (χ4v) is 4.01. The Bertz CT molecular complexity index is 503. The standard InChI is InChI=1S/C16H34N4O3S/c1-6-16(7-2)13(12-14(16)23-8-3)20-15(17-4)18-10-9-11-19-24(5,21)22/h13-14,19H,6-12H2,1-5H3,(H2,17,18,20). The van der Waals surface area contributed by atoms with Crippen molar-refractivity contribution in [1.29, 1.82) is 0 Å². The van der Waals surface area contributed by atoms with Crippen LogP contribution in [0.25, 0.3) is 0 Å². The molecule has 0 radical (unpaired) electrons. The van der Waals surface area contributed by atoms with Crippen LogP contribution in [0, 0.1) is 5.41 Å². The van der Waals surface area contributed by atoms with Gasteiger partial charge in [0.25, 0.3) is 0 Å². The van der Waals surface area contributed by atoms with Crippen LogP contribution in [-0.2, 0) is 14.8 Å². The molecule has 0 heterocycles. The lowest BCUT2D eigenvalue weighted by molar-refractivity contribution is -0.133. The van der Waals surface area contributed by atoms with E-state index in [1.165, 1.54) is 6.26 Å². The molecule has 0 bridgehead atoms. The van der Waals surface area contributed by atoms with Crippen molar-refractivity contribution >= 4 is 16.0 Å². The van der Waals surface area contributed by atoms with E-state index < -0.39 is 10.0 Å². The minimum Gasteiger partial charge on any atom is -0.378 e. The zero-order valence-corrected chi connectivity index (χ0v) is 16.5. The minimum absolute atomic E-state index is 0.158. The zero-order chi connectivity index (χ0) is 18.2. The van der Waals surface area contributed by atoms with E-state index in [9.17, 15) is 8.42 Å². The van der Waals surface area contributed by atoms with Gasteiger partial charge in [0.1, 0.15) is 0 Å². The van der Waals surface area contributed by atoms with Gasteiger partial charge in [-0.3, -0.25) is 4.99 Å². The van der Waals surface area contributed by atoms with E-state index in [1.807, 2.05) is 6.92 Å². The molecule has 142 valence electrons. The van der Waals surface area contributed by atoms with E-state index in [0.29, 0.717) is 31.7 Å². The van der Waals surface area contributed by atoms with Gasteiger partial charge in [0.05, 0.1) is 12.4 Å². The van der Waals surface area contributed by atoms with Gasteiger partial charge in [-0.25, -0.2) is 13.1 Å². The van der Waals surface area contributed by atoms with Crippen molar-refractivity contribution in [2.24, 2.45) is 10.4 Å². The van der Waals surface area contributed by atoms with Crippen molar-refractivity contribution in [3.63, 3.8) is 0 Å². The summed E-state index contributed by atoms with van der Waals surface area (Å²) in [7, 11) is -1.36. The van der Waals surface area contributed by atoms with Crippen LogP contribution in [0.15, 0.2) is 4.99 Å². The van der Waals surface area contributed by atoms with Gasteiger partial charge < -0.3 is 15.4 Å². The second-order valence-electron chi connectivity index (χ2n) is 6.34. The lowest BCUT2D eigenvalue weighted by Crippen LogP contribution is -2.65. The van der Waals surface area contributed by atoms with Gasteiger partial charge in [-0.15, -0.1) is 0 Å². The number of guanidine groups is 1. The number of rotatable bonds is 10. The van der Waals surface area contributed by atoms with E-state index >= 15 is 0 Å². The highest BCUT2D eigenvalue weighted by molar-refractivity contribution is 7.88. The van der Waals surface area contributed by atoms with Crippen LogP contribution in [0.3, 0.4) is 0 Å². The molecule has 1 aliphatic rings. The fourth-order valence-electron chi connectivity index (χ4n) is 3.50. The van der Waals surface area contributed by atoms with Crippen LogP contribution in [0.5, 0.6) is 0 Å². The van der Waals surface area contributed by atoms with Gasteiger partial charge in [-0.1, -0.05) is 13.8 Å². The summed E-state index contributed by atoms with van der Waals surface area (Å²) >= 11 is 0. The molecule has 1 aliphatic carbocycles. The monoisotopic (exact) mass is 362 g/mol. The van der Waals surface area contributed by atoms with Gasteiger partial charge in [0.2, 0.25) is 10.0 Å². The zero-order valence-electron chi connectivity index (χ0n) is 15.7. The summed E-state index contributed by atoms with van der Waals surface area (Å²) in [4.78, 5) is 4.28. The van der Waals surface area contributed by atoms with Crippen LogP contribution in [0.4, 0.5) is 0 Å². The first-order valence-corrected chi connectivity index (χ1v) is 10.8. The quantitative estimate of drug-likeness (QED) is 0.307. The molecular formula is C16H34N4O3S. The molecule has 24 heavy (non-hydrogen) atoms. The van der Waals surface area contributed by atoms with E-state index in [2.05, 4.69) is 34.2 Å². The van der Waals surface area contributed by atoms with Gasteiger partial charge in [-0.2, -0.15) is 0 Å². The Labute approximate surface area is 147 Å². The number of hydrogen-bond acceptors (Lipinski definition) is 4. The molecule has 3 N–H and O–H groups in total. The number of nitrogens with zero attached hydrogens (tertiary/aromatic N) is 1. The van der Waals surface area contributed by atoms with Crippen LogP contribution in [0.1, 0.15) is 46.5 Å². The molecule has 1 fully saturated rings. The molecule has 1 saturated carbocycles. The summed E-state index contributed by atoms with van der Waals surface area (Å²) in [5.41, 5.74) is 0.158. The third kappa shape index (κ3) is 5.60. The summed E-state index contributed by atoms with van der Waals surface area (Å²) < 4.78 is 30.4. The Hall–Kier alpha value is -0.860. The van der Waals surface area contributed by atoms with E-state index in [1.54, 1.807) is 7.05 Å². The molecule has 0 saturated heterocycles. The van der Waals surface area contributed by atoms with Crippen molar-refractivity contribution in [1.82, 2.24) is 15.4 Å². The molecule has 0 amide bonds. The maximum Gasteiger partial charge on any atom is 0.208 e. The second-order valence-corrected chi connectivity index (χ2v) is 8.17. The Morgan fingerprint density at radius 1 is 1.25 bits per heavy atom. The van der Waals surface area contributed by atoms with E-state index in [0.717, 1.165) is 31.8 Å². The van der Waals surface area contributed by atoms with Crippen LogP contribution < -0.4 is 15.4 Å². The van der Waals surface area contributed by atoms with Gasteiger partial charge >= 0.3 is 0 Å². The van der Waals surface area contributed by atoms with Gasteiger partial charge in [0.15, 0.2) is 5.96 Å². The molecule has 0 aromatic carbocycles. The number of sulfonamides is 1. The second kappa shape index (κ2) is 9.58. The molecule has 0 spiro atoms. The Balaban J connectivity index is 2.45. The lowest BCUT2D eigenvalue weighted by Gasteiger charge is -2.55. The Morgan fingerprint density at radius 2 is 1.92 bits per heavy atom. The number of aliphatic imine (C=N–C) groups is 1. The first-order chi connectivity index (χ1) is 11.3. The molecular weight excluding hydrogens is 328 g/mol. The van der Waals surface area contributed by atoms with Gasteiger partial charge in [0, 0.05) is 38.2 Å². The topological polar surface area (TPSA) is 91.8 Å². The number of ether oxygens (including phenoxy) is 1. The largest absolute Gasteiger partial charge is 0.378 e. The summed E-state index contributed by atoms with van der Waals surface area (Å²) in [5.74, 6) is 0.764. The molecule has 2 unspecified atom stereocenters. The predicted octanol–water partition coefficient (Wildman–Crippen LogP) is 1.07. The average Bonchev–Trinajstić information content (AvgIpc) is 2.52. The maximum atomic E-state index is 11.0. The number of nitrogens with one attached hydrogen (secondary N) is 3. The van der Waals surface area contributed by atoms with E-state index in [-0.39, 0.29) is 5.41 Å². The van der Waals surface area contributed by atoms with Crippen LogP contribution >= 0.6 is 0 Å². The average molecular weight is 363 g/mol. The highest BCUT2D eigenvalue weighted by Gasteiger charge is 2.53. The third-order valence-electron chi connectivity index (χ3n) is 5.01. The SMILES string of the molecule is CCOC1CC(NC(=NC)NCCCNS(C)(=O)=O)C1(CC)CC. The Morgan fingerprint density at radius 3 is 2.42 bits per heavy atom.